The Kier molecular flexibility index (Phi) is 6.15. The monoisotopic (exact) mass is 467 g/mol. The molecule has 0 saturated carbocycles. The summed E-state index contributed by atoms with van der Waals surface area (Å²) in [6, 6.07) is 16.7. The second-order valence-electron chi connectivity index (χ2n) is 7.63. The summed E-state index contributed by atoms with van der Waals surface area (Å²) in [5, 5.41) is 5.54. The number of nitrogens with zero attached hydrogens (tertiary/aromatic N) is 1. The van der Waals surface area contributed by atoms with Crippen molar-refractivity contribution >= 4 is 33.1 Å². The largest absolute Gasteiger partial charge is 0.493 e. The Morgan fingerprint density at radius 2 is 1.52 bits per heavy atom. The molecule has 9 heteroatoms. The van der Waals surface area contributed by atoms with E-state index in [0.29, 0.717) is 41.5 Å². The van der Waals surface area contributed by atoms with Crippen LogP contribution in [0.25, 0.3) is 0 Å². The fraction of sp³-hybridized carbons (Fsp3) is 0.208. The molecule has 0 bridgehead atoms. The molecular formula is C24H25N3O5S. The lowest BCUT2D eigenvalue weighted by Gasteiger charge is -2.20. The Balaban J connectivity index is 1.48. The molecule has 1 heterocycles. The van der Waals surface area contributed by atoms with Gasteiger partial charge < -0.3 is 20.1 Å². The van der Waals surface area contributed by atoms with Crippen molar-refractivity contribution in [2.24, 2.45) is 0 Å². The van der Waals surface area contributed by atoms with E-state index >= 15 is 0 Å². The van der Waals surface area contributed by atoms with Gasteiger partial charge in [-0.2, -0.15) is 0 Å². The van der Waals surface area contributed by atoms with Crippen molar-refractivity contribution in [2.75, 3.05) is 35.7 Å². The van der Waals surface area contributed by atoms with Crippen LogP contribution in [0.5, 0.6) is 11.5 Å². The average molecular weight is 468 g/mol. The van der Waals surface area contributed by atoms with Crippen LogP contribution < -0.4 is 24.4 Å². The first-order chi connectivity index (χ1) is 15.8. The van der Waals surface area contributed by atoms with E-state index in [-0.39, 0.29) is 4.90 Å². The molecule has 8 nitrogen and oxygen atoms in total. The predicted molar refractivity (Wildman–Crippen MR) is 128 cm³/mol. The van der Waals surface area contributed by atoms with Crippen LogP contribution in [0, 0.1) is 6.92 Å². The number of fused-ring (bicyclic) bond motifs is 1. The number of nitrogens with one attached hydrogen (secondary N) is 2. The molecule has 0 radical (unpaired) electrons. The summed E-state index contributed by atoms with van der Waals surface area (Å²) in [7, 11) is -0.584. The average Bonchev–Trinajstić information content (AvgIpc) is 3.23. The third-order valence-electron chi connectivity index (χ3n) is 5.44. The van der Waals surface area contributed by atoms with E-state index in [1.807, 2.05) is 6.92 Å². The number of benzene rings is 3. The molecule has 2 amide bonds. The van der Waals surface area contributed by atoms with Crippen molar-refractivity contribution in [3.05, 3.63) is 71.8 Å². The summed E-state index contributed by atoms with van der Waals surface area (Å²) in [4.78, 5) is 12.7. The molecule has 0 atom stereocenters. The lowest BCUT2D eigenvalue weighted by Crippen LogP contribution is -2.29. The number of aryl methyl sites for hydroxylation is 1. The zero-order valence-electron chi connectivity index (χ0n) is 18.6. The first kappa shape index (κ1) is 22.5. The fourth-order valence-corrected chi connectivity index (χ4v) is 5.25. The van der Waals surface area contributed by atoms with Gasteiger partial charge in [0.1, 0.15) is 0 Å². The lowest BCUT2D eigenvalue weighted by molar-refractivity contribution is 0.262. The molecule has 3 aromatic rings. The highest BCUT2D eigenvalue weighted by Gasteiger charge is 2.31. The summed E-state index contributed by atoms with van der Waals surface area (Å²) in [6.07, 6.45) is 0.563. The molecule has 0 unspecified atom stereocenters. The van der Waals surface area contributed by atoms with Gasteiger partial charge in [-0.1, -0.05) is 17.7 Å². The quantitative estimate of drug-likeness (QED) is 0.560. The molecule has 3 aromatic carbocycles. The highest BCUT2D eigenvalue weighted by molar-refractivity contribution is 7.92. The maximum absolute atomic E-state index is 13.1. The number of ether oxygens (including phenoxy) is 2. The number of methoxy groups -OCH3 is 2. The van der Waals surface area contributed by atoms with Gasteiger partial charge >= 0.3 is 6.03 Å². The van der Waals surface area contributed by atoms with Crippen LogP contribution in [-0.2, 0) is 16.4 Å². The number of amides is 2. The Hall–Kier alpha value is -3.72. The Labute approximate surface area is 193 Å². The van der Waals surface area contributed by atoms with Crippen LogP contribution in [0.2, 0.25) is 0 Å². The normalized spacial score (nSPS) is 12.8. The van der Waals surface area contributed by atoms with Crippen LogP contribution in [0.4, 0.5) is 21.9 Å². The van der Waals surface area contributed by atoms with Crippen molar-refractivity contribution in [1.29, 1.82) is 0 Å². The van der Waals surface area contributed by atoms with Crippen molar-refractivity contribution < 1.29 is 22.7 Å². The number of carbonyl (C=O) groups excluding carboxylic acids is 1. The number of hydrogen-bond donors (Lipinski definition) is 2. The van der Waals surface area contributed by atoms with E-state index in [0.717, 1.165) is 11.1 Å². The van der Waals surface area contributed by atoms with Crippen molar-refractivity contribution in [2.45, 2.75) is 18.2 Å². The zero-order valence-corrected chi connectivity index (χ0v) is 19.4. The fourth-order valence-electron chi connectivity index (χ4n) is 3.74. The number of sulfonamides is 1. The smallest absolute Gasteiger partial charge is 0.323 e. The molecule has 2 N–H and O–H groups in total. The molecule has 1 aliphatic heterocycles. The van der Waals surface area contributed by atoms with Gasteiger partial charge in [0, 0.05) is 24.0 Å². The number of anilines is 3. The van der Waals surface area contributed by atoms with Gasteiger partial charge in [-0.3, -0.25) is 4.31 Å². The summed E-state index contributed by atoms with van der Waals surface area (Å²) < 4.78 is 38.1. The summed E-state index contributed by atoms with van der Waals surface area (Å²) >= 11 is 0. The molecular weight excluding hydrogens is 442 g/mol. The minimum atomic E-state index is -3.65. The SMILES string of the molecule is COc1ccc(NC(=O)Nc2ccc3c(c2)CCN3S(=O)(=O)c2ccc(C)cc2)cc1OC. The lowest BCUT2D eigenvalue weighted by atomic mass is 10.1. The van der Waals surface area contributed by atoms with E-state index in [2.05, 4.69) is 10.6 Å². The van der Waals surface area contributed by atoms with E-state index in [1.165, 1.54) is 11.4 Å². The summed E-state index contributed by atoms with van der Waals surface area (Å²) in [5.41, 5.74) is 3.59. The van der Waals surface area contributed by atoms with Crippen molar-refractivity contribution in [3.63, 3.8) is 0 Å². The molecule has 172 valence electrons. The summed E-state index contributed by atoms with van der Waals surface area (Å²) in [5.74, 6) is 1.06. The van der Waals surface area contributed by atoms with Gasteiger partial charge in [-0.25, -0.2) is 13.2 Å². The van der Waals surface area contributed by atoms with E-state index in [9.17, 15) is 13.2 Å². The predicted octanol–water partition coefficient (Wildman–Crippen LogP) is 4.41. The first-order valence-electron chi connectivity index (χ1n) is 10.3. The zero-order chi connectivity index (χ0) is 23.6. The number of carbonyl (C=O) groups is 1. The third-order valence-corrected chi connectivity index (χ3v) is 7.27. The Morgan fingerprint density at radius 3 is 2.18 bits per heavy atom. The maximum atomic E-state index is 13.1. The van der Waals surface area contributed by atoms with Crippen molar-refractivity contribution in [1.82, 2.24) is 0 Å². The molecule has 0 fully saturated rings. The highest BCUT2D eigenvalue weighted by Crippen LogP contribution is 2.35. The van der Waals surface area contributed by atoms with Gasteiger partial charge in [0.15, 0.2) is 11.5 Å². The standard InChI is InChI=1S/C24H25N3O5S/c1-16-4-8-20(9-5-16)33(29,30)27-13-12-17-14-18(6-10-21(17)27)25-24(28)26-19-7-11-22(31-2)23(15-19)32-3/h4-11,14-15H,12-13H2,1-3H3,(H2,25,26,28). The van der Waals surface area contributed by atoms with Crippen LogP contribution in [0.15, 0.2) is 65.6 Å². The number of hydrogen-bond acceptors (Lipinski definition) is 5. The van der Waals surface area contributed by atoms with Gasteiger partial charge in [0.2, 0.25) is 0 Å². The number of urea groups is 1. The molecule has 4 rings (SSSR count). The van der Waals surface area contributed by atoms with Gasteiger partial charge in [0.05, 0.1) is 24.8 Å². The highest BCUT2D eigenvalue weighted by atomic mass is 32.2. The molecule has 33 heavy (non-hydrogen) atoms. The minimum Gasteiger partial charge on any atom is -0.493 e. The molecule has 0 saturated heterocycles. The topological polar surface area (TPSA) is 97.0 Å². The minimum absolute atomic E-state index is 0.262. The second kappa shape index (κ2) is 9.03. The second-order valence-corrected chi connectivity index (χ2v) is 9.49. The summed E-state index contributed by atoms with van der Waals surface area (Å²) in [6.45, 7) is 2.27. The van der Waals surface area contributed by atoms with Crippen LogP contribution in [0.1, 0.15) is 11.1 Å². The van der Waals surface area contributed by atoms with Gasteiger partial charge in [0.25, 0.3) is 10.0 Å². The maximum Gasteiger partial charge on any atom is 0.323 e. The van der Waals surface area contributed by atoms with Crippen molar-refractivity contribution in [3.8, 4) is 11.5 Å². The van der Waals surface area contributed by atoms with Gasteiger partial charge in [-0.15, -0.1) is 0 Å². The van der Waals surface area contributed by atoms with E-state index in [1.54, 1.807) is 67.8 Å². The third kappa shape index (κ3) is 4.58. The Morgan fingerprint density at radius 1 is 0.879 bits per heavy atom. The molecule has 0 aromatic heterocycles. The van der Waals surface area contributed by atoms with Crippen LogP contribution in [0.3, 0.4) is 0 Å². The Bertz CT molecular complexity index is 1290. The molecule has 0 spiro atoms. The molecule has 0 aliphatic carbocycles. The van der Waals surface area contributed by atoms with Gasteiger partial charge in [-0.05, 0) is 61.4 Å². The first-order valence-corrected chi connectivity index (χ1v) is 11.8. The van der Waals surface area contributed by atoms with Crippen LogP contribution >= 0.6 is 0 Å². The van der Waals surface area contributed by atoms with Crippen LogP contribution in [-0.4, -0.2) is 35.2 Å². The number of rotatable bonds is 6. The molecule has 1 aliphatic rings. The van der Waals surface area contributed by atoms with E-state index in [4.69, 9.17) is 9.47 Å². The van der Waals surface area contributed by atoms with E-state index < -0.39 is 16.1 Å².